The molecule has 1 aliphatic rings. The third-order valence-corrected chi connectivity index (χ3v) is 3.20. The average Bonchev–Trinajstić information content (AvgIpc) is 2.42. The van der Waals surface area contributed by atoms with Crippen LogP contribution in [-0.4, -0.2) is 17.3 Å². The fourth-order valence-corrected chi connectivity index (χ4v) is 2.05. The molecule has 0 radical (unpaired) electrons. The van der Waals surface area contributed by atoms with Gasteiger partial charge in [0, 0.05) is 18.7 Å². The second-order valence-corrected chi connectivity index (χ2v) is 4.62. The zero-order valence-electron chi connectivity index (χ0n) is 9.47. The molecule has 0 saturated heterocycles. The summed E-state index contributed by atoms with van der Waals surface area (Å²) in [6.45, 7) is 5.40. The van der Waals surface area contributed by atoms with Crippen molar-refractivity contribution in [2.24, 2.45) is 0 Å². The zero-order valence-corrected chi connectivity index (χ0v) is 9.47. The van der Waals surface area contributed by atoms with Gasteiger partial charge in [-0.1, -0.05) is 0 Å². The van der Waals surface area contributed by atoms with Gasteiger partial charge in [-0.2, -0.15) is 0 Å². The van der Waals surface area contributed by atoms with Crippen molar-refractivity contribution >= 4 is 0 Å². The fraction of sp³-hybridized carbons (Fsp3) is 0.667. The lowest BCUT2D eigenvalue weighted by atomic mass is 9.80. The van der Waals surface area contributed by atoms with Gasteiger partial charge in [0.2, 0.25) is 0 Å². The maximum Gasteiger partial charge on any atom is 0.105 e. The van der Waals surface area contributed by atoms with Crippen molar-refractivity contribution in [3.05, 3.63) is 23.2 Å². The summed E-state index contributed by atoms with van der Waals surface area (Å²) >= 11 is 0. The monoisotopic (exact) mass is 209 g/mol. The predicted octanol–water partition coefficient (Wildman–Crippen LogP) is 1.90. The van der Waals surface area contributed by atoms with Gasteiger partial charge in [-0.15, -0.1) is 0 Å². The maximum atomic E-state index is 9.88. The second kappa shape index (κ2) is 3.99. The lowest BCUT2D eigenvalue weighted by molar-refractivity contribution is -0.0315. The molecule has 3 nitrogen and oxygen atoms in total. The number of aryl methyl sites for hydroxylation is 2. The molecule has 2 rings (SSSR count). The van der Waals surface area contributed by atoms with Gasteiger partial charge in [-0.25, -0.2) is 0 Å². The molecule has 1 aromatic heterocycles. The first-order valence-corrected chi connectivity index (χ1v) is 5.58. The highest BCUT2D eigenvalue weighted by molar-refractivity contribution is 5.19. The molecule has 0 spiro atoms. The number of nitrogens with one attached hydrogen (secondary N) is 1. The van der Waals surface area contributed by atoms with E-state index in [-0.39, 0.29) is 0 Å². The van der Waals surface area contributed by atoms with Crippen LogP contribution in [0.25, 0.3) is 0 Å². The first-order chi connectivity index (χ1) is 7.09. The summed E-state index contributed by atoms with van der Waals surface area (Å²) < 4.78 is 5.43. The summed E-state index contributed by atoms with van der Waals surface area (Å²) in [5, 5.41) is 13.2. The van der Waals surface area contributed by atoms with Gasteiger partial charge in [0.25, 0.3) is 0 Å². The van der Waals surface area contributed by atoms with Crippen LogP contribution in [0, 0.1) is 13.8 Å². The van der Waals surface area contributed by atoms with Crippen LogP contribution in [0.4, 0.5) is 0 Å². The third kappa shape index (κ3) is 2.41. The Balaban J connectivity index is 1.80. The molecule has 0 aliphatic heterocycles. The summed E-state index contributed by atoms with van der Waals surface area (Å²) in [6, 6.07) is 2.05. The molecule has 15 heavy (non-hydrogen) atoms. The van der Waals surface area contributed by atoms with Crippen molar-refractivity contribution < 1.29 is 9.52 Å². The number of furan rings is 1. The summed E-state index contributed by atoms with van der Waals surface area (Å²) in [7, 11) is 0. The minimum absolute atomic E-state index is 0.438. The number of hydrogen-bond donors (Lipinski definition) is 2. The summed E-state index contributed by atoms with van der Waals surface area (Å²) in [6.07, 6.45) is 3.02. The molecule has 1 saturated carbocycles. The molecule has 2 N–H and O–H groups in total. The quantitative estimate of drug-likeness (QED) is 0.796. The molecule has 1 heterocycles. The van der Waals surface area contributed by atoms with Crippen molar-refractivity contribution in [3.63, 3.8) is 0 Å². The van der Waals surface area contributed by atoms with E-state index in [1.54, 1.807) is 0 Å². The van der Waals surface area contributed by atoms with Crippen LogP contribution >= 0.6 is 0 Å². The third-order valence-electron chi connectivity index (χ3n) is 3.20. The van der Waals surface area contributed by atoms with Crippen LogP contribution in [0.3, 0.4) is 0 Å². The first kappa shape index (κ1) is 10.7. The maximum absolute atomic E-state index is 9.88. The fourth-order valence-electron chi connectivity index (χ4n) is 2.05. The molecular formula is C12H19NO2. The van der Waals surface area contributed by atoms with Crippen molar-refractivity contribution in [1.29, 1.82) is 0 Å². The van der Waals surface area contributed by atoms with Crippen LogP contribution in [0.2, 0.25) is 0 Å². The van der Waals surface area contributed by atoms with Crippen molar-refractivity contribution in [2.45, 2.75) is 45.3 Å². The highest BCUT2D eigenvalue weighted by Crippen LogP contribution is 2.30. The molecule has 0 unspecified atom stereocenters. The smallest absolute Gasteiger partial charge is 0.105 e. The number of hydrogen-bond acceptors (Lipinski definition) is 3. The molecule has 0 amide bonds. The first-order valence-electron chi connectivity index (χ1n) is 5.58. The van der Waals surface area contributed by atoms with E-state index in [1.165, 1.54) is 5.56 Å². The molecule has 3 heteroatoms. The number of rotatable bonds is 4. The van der Waals surface area contributed by atoms with Crippen molar-refractivity contribution in [3.8, 4) is 0 Å². The minimum atomic E-state index is -0.438. The Morgan fingerprint density at radius 3 is 2.67 bits per heavy atom. The summed E-state index contributed by atoms with van der Waals surface area (Å²) in [5.41, 5.74) is 0.752. The van der Waals surface area contributed by atoms with E-state index < -0.39 is 5.60 Å². The summed E-state index contributed by atoms with van der Waals surface area (Å²) in [4.78, 5) is 0. The van der Waals surface area contributed by atoms with Crippen LogP contribution in [0.5, 0.6) is 0 Å². The van der Waals surface area contributed by atoms with Gasteiger partial charge in [0.1, 0.15) is 11.5 Å². The summed E-state index contributed by atoms with van der Waals surface area (Å²) in [5.74, 6) is 1.92. The molecule has 1 aromatic rings. The average molecular weight is 209 g/mol. The van der Waals surface area contributed by atoms with Gasteiger partial charge in [0.05, 0.1) is 5.60 Å². The predicted molar refractivity (Wildman–Crippen MR) is 58.7 cm³/mol. The molecule has 1 aliphatic carbocycles. The Morgan fingerprint density at radius 2 is 2.20 bits per heavy atom. The van der Waals surface area contributed by atoms with Crippen molar-refractivity contribution in [1.82, 2.24) is 5.32 Å². The molecule has 0 atom stereocenters. The lowest BCUT2D eigenvalue weighted by Crippen LogP contribution is -2.45. The van der Waals surface area contributed by atoms with E-state index in [0.717, 1.165) is 37.3 Å². The highest BCUT2D eigenvalue weighted by atomic mass is 16.3. The van der Waals surface area contributed by atoms with Gasteiger partial charge in [0.15, 0.2) is 0 Å². The van der Waals surface area contributed by atoms with Crippen molar-refractivity contribution in [2.75, 3.05) is 6.54 Å². The van der Waals surface area contributed by atoms with Crippen LogP contribution in [-0.2, 0) is 6.54 Å². The normalized spacial score (nSPS) is 18.9. The van der Waals surface area contributed by atoms with E-state index in [9.17, 15) is 5.11 Å². The highest BCUT2D eigenvalue weighted by Gasteiger charge is 2.33. The Hall–Kier alpha value is -0.800. The molecule has 0 bridgehead atoms. The molecule has 0 aromatic carbocycles. The van der Waals surface area contributed by atoms with E-state index in [2.05, 4.69) is 5.32 Å². The van der Waals surface area contributed by atoms with E-state index in [4.69, 9.17) is 4.42 Å². The Bertz CT molecular complexity index is 339. The van der Waals surface area contributed by atoms with Gasteiger partial charge in [-0.05, 0) is 39.2 Å². The minimum Gasteiger partial charge on any atom is -0.466 e. The van der Waals surface area contributed by atoms with E-state index in [0.29, 0.717) is 6.54 Å². The van der Waals surface area contributed by atoms with E-state index >= 15 is 0 Å². The Kier molecular flexibility index (Phi) is 2.85. The standard InChI is InChI=1S/C12H19NO2/c1-9-6-11(10(2)15-9)7-13-8-12(14)4-3-5-12/h6,13-14H,3-5,7-8H2,1-2H3. The van der Waals surface area contributed by atoms with Crippen LogP contribution in [0.15, 0.2) is 10.5 Å². The van der Waals surface area contributed by atoms with Gasteiger partial charge >= 0.3 is 0 Å². The molecule has 84 valence electrons. The molecule has 1 fully saturated rings. The Labute approximate surface area is 90.5 Å². The van der Waals surface area contributed by atoms with Gasteiger partial charge < -0.3 is 14.8 Å². The van der Waals surface area contributed by atoms with E-state index in [1.807, 2.05) is 19.9 Å². The lowest BCUT2D eigenvalue weighted by Gasteiger charge is -2.36. The van der Waals surface area contributed by atoms with Crippen LogP contribution < -0.4 is 5.32 Å². The number of aliphatic hydroxyl groups is 1. The molecular weight excluding hydrogens is 190 g/mol. The second-order valence-electron chi connectivity index (χ2n) is 4.62. The van der Waals surface area contributed by atoms with Crippen LogP contribution in [0.1, 0.15) is 36.3 Å². The largest absolute Gasteiger partial charge is 0.466 e. The van der Waals surface area contributed by atoms with Gasteiger partial charge in [-0.3, -0.25) is 0 Å². The SMILES string of the molecule is Cc1cc(CNCC2(O)CCC2)c(C)o1. The Morgan fingerprint density at radius 1 is 1.47 bits per heavy atom. The zero-order chi connectivity index (χ0) is 10.9. The topological polar surface area (TPSA) is 45.4 Å².